The lowest BCUT2D eigenvalue weighted by molar-refractivity contribution is 0.0934. The summed E-state index contributed by atoms with van der Waals surface area (Å²) in [6, 6.07) is 13.6. The summed E-state index contributed by atoms with van der Waals surface area (Å²) in [7, 11) is -3.76. The number of hydrogen-bond acceptors (Lipinski definition) is 4. The molecule has 0 aromatic heterocycles. The Kier molecular flexibility index (Phi) is 3.07. The van der Waals surface area contributed by atoms with Crippen molar-refractivity contribution in [2.75, 3.05) is 0 Å². The van der Waals surface area contributed by atoms with Crippen LogP contribution in [0.3, 0.4) is 0 Å². The highest BCUT2D eigenvalue weighted by atomic mass is 32.3. The third kappa shape index (κ3) is 2.01. The van der Waals surface area contributed by atoms with E-state index >= 15 is 0 Å². The molecule has 1 amide bonds. The Balaban J connectivity index is 2.00. The molecule has 2 aromatic rings. The second kappa shape index (κ2) is 4.64. The van der Waals surface area contributed by atoms with E-state index in [1.165, 1.54) is 12.1 Å². The Morgan fingerprint density at radius 3 is 2.30 bits per heavy atom. The SMILES string of the molecule is Cc1ccc(SN2C(=O)c3ccccc3S2(=O)=O)cc1. The van der Waals surface area contributed by atoms with Crippen molar-refractivity contribution in [3.63, 3.8) is 0 Å². The van der Waals surface area contributed by atoms with E-state index in [9.17, 15) is 13.2 Å². The molecule has 0 bridgehead atoms. The van der Waals surface area contributed by atoms with Crippen LogP contribution in [-0.2, 0) is 10.0 Å². The second-order valence-electron chi connectivity index (χ2n) is 4.44. The van der Waals surface area contributed by atoms with Gasteiger partial charge in [0.2, 0.25) is 0 Å². The Morgan fingerprint density at radius 1 is 1.00 bits per heavy atom. The summed E-state index contributed by atoms with van der Waals surface area (Å²) in [6.45, 7) is 1.95. The summed E-state index contributed by atoms with van der Waals surface area (Å²) in [5.41, 5.74) is 1.31. The molecule has 3 rings (SSSR count). The number of benzene rings is 2. The van der Waals surface area contributed by atoms with E-state index in [0.29, 0.717) is 4.90 Å². The van der Waals surface area contributed by atoms with E-state index in [1.807, 2.05) is 19.1 Å². The van der Waals surface area contributed by atoms with Gasteiger partial charge in [0, 0.05) is 16.8 Å². The second-order valence-corrected chi connectivity index (χ2v) is 7.44. The van der Waals surface area contributed by atoms with Crippen molar-refractivity contribution < 1.29 is 13.2 Å². The average molecular weight is 305 g/mol. The van der Waals surface area contributed by atoms with Crippen molar-refractivity contribution in [3.05, 3.63) is 59.7 Å². The Morgan fingerprint density at radius 2 is 1.65 bits per heavy atom. The van der Waals surface area contributed by atoms with Crippen LogP contribution in [0.4, 0.5) is 0 Å². The third-order valence-electron chi connectivity index (χ3n) is 2.99. The maximum absolute atomic E-state index is 12.4. The first kappa shape index (κ1) is 13.2. The van der Waals surface area contributed by atoms with E-state index in [-0.39, 0.29) is 10.5 Å². The van der Waals surface area contributed by atoms with Crippen LogP contribution in [-0.4, -0.2) is 18.0 Å². The van der Waals surface area contributed by atoms with Gasteiger partial charge in [0.05, 0.1) is 5.56 Å². The molecule has 0 aliphatic carbocycles. The molecule has 0 N–H and O–H groups in total. The minimum absolute atomic E-state index is 0.0737. The number of rotatable bonds is 2. The van der Waals surface area contributed by atoms with Gasteiger partial charge in [-0.2, -0.15) is 3.71 Å². The zero-order valence-electron chi connectivity index (χ0n) is 10.6. The monoisotopic (exact) mass is 305 g/mol. The molecule has 1 heterocycles. The number of carbonyl (C=O) groups excluding carboxylic acids is 1. The van der Waals surface area contributed by atoms with Crippen LogP contribution < -0.4 is 0 Å². The van der Waals surface area contributed by atoms with E-state index in [1.54, 1.807) is 24.3 Å². The van der Waals surface area contributed by atoms with Crippen LogP contribution in [0.5, 0.6) is 0 Å². The first-order valence-electron chi connectivity index (χ1n) is 5.93. The van der Waals surface area contributed by atoms with Crippen molar-refractivity contribution in [1.29, 1.82) is 0 Å². The van der Waals surface area contributed by atoms with Crippen molar-refractivity contribution >= 4 is 27.9 Å². The van der Waals surface area contributed by atoms with Gasteiger partial charge in [-0.25, -0.2) is 8.42 Å². The minimum Gasteiger partial charge on any atom is -0.267 e. The largest absolute Gasteiger partial charge is 0.279 e. The molecule has 0 fully saturated rings. The summed E-state index contributed by atoms with van der Waals surface area (Å²) >= 11 is 0.927. The molecule has 6 heteroatoms. The topological polar surface area (TPSA) is 54.5 Å². The van der Waals surface area contributed by atoms with Crippen molar-refractivity contribution in [3.8, 4) is 0 Å². The molecule has 0 unspecified atom stereocenters. The summed E-state index contributed by atoms with van der Waals surface area (Å²) in [5.74, 6) is -0.494. The summed E-state index contributed by atoms with van der Waals surface area (Å²) in [5, 5.41) is 0. The van der Waals surface area contributed by atoms with Gasteiger partial charge in [-0.15, -0.1) is 0 Å². The van der Waals surface area contributed by atoms with Crippen molar-refractivity contribution in [2.45, 2.75) is 16.7 Å². The molecule has 0 saturated heterocycles. The van der Waals surface area contributed by atoms with Crippen LogP contribution in [0, 0.1) is 6.92 Å². The molecule has 0 atom stereocenters. The fraction of sp³-hybridized carbons (Fsp3) is 0.0714. The van der Waals surface area contributed by atoms with Gasteiger partial charge in [0.15, 0.2) is 0 Å². The standard InChI is InChI=1S/C14H11NO3S2/c1-10-6-8-11(9-7-10)19-15-14(16)12-4-2-3-5-13(12)20(15,17)18/h2-9H,1H3. The van der Waals surface area contributed by atoms with Crippen LogP contribution in [0.1, 0.15) is 15.9 Å². The first-order chi connectivity index (χ1) is 9.50. The van der Waals surface area contributed by atoms with Gasteiger partial charge in [-0.05, 0) is 31.2 Å². The predicted octanol–water partition coefficient (Wildman–Crippen LogP) is 2.85. The van der Waals surface area contributed by atoms with E-state index < -0.39 is 15.9 Å². The molecular weight excluding hydrogens is 294 g/mol. The third-order valence-corrected chi connectivity index (χ3v) is 6.13. The predicted molar refractivity (Wildman–Crippen MR) is 76.8 cm³/mol. The van der Waals surface area contributed by atoms with Crippen LogP contribution >= 0.6 is 11.9 Å². The fourth-order valence-electron chi connectivity index (χ4n) is 1.95. The molecule has 1 aliphatic rings. The molecule has 2 aromatic carbocycles. The molecule has 0 spiro atoms. The zero-order chi connectivity index (χ0) is 14.3. The Bertz CT molecular complexity index is 782. The molecule has 0 saturated carbocycles. The van der Waals surface area contributed by atoms with Crippen LogP contribution in [0.2, 0.25) is 0 Å². The molecule has 20 heavy (non-hydrogen) atoms. The van der Waals surface area contributed by atoms with Gasteiger partial charge >= 0.3 is 0 Å². The average Bonchev–Trinajstić information content (AvgIpc) is 2.63. The number of fused-ring (bicyclic) bond motifs is 1. The number of carbonyl (C=O) groups is 1. The highest BCUT2D eigenvalue weighted by molar-refractivity contribution is 8.09. The Hall–Kier alpha value is -1.79. The van der Waals surface area contributed by atoms with Crippen LogP contribution in [0.25, 0.3) is 0 Å². The maximum atomic E-state index is 12.4. The summed E-state index contributed by atoms with van der Waals surface area (Å²) in [4.78, 5) is 13.0. The number of nitrogens with zero attached hydrogens (tertiary/aromatic N) is 1. The lowest BCUT2D eigenvalue weighted by atomic mass is 10.2. The highest BCUT2D eigenvalue weighted by Gasteiger charge is 2.41. The van der Waals surface area contributed by atoms with Gasteiger partial charge in [-0.1, -0.05) is 29.8 Å². The summed E-state index contributed by atoms with van der Waals surface area (Å²) in [6.07, 6.45) is 0. The number of sulfonamides is 1. The highest BCUT2D eigenvalue weighted by Crippen LogP contribution is 2.38. The van der Waals surface area contributed by atoms with Gasteiger partial charge < -0.3 is 0 Å². The lowest BCUT2D eigenvalue weighted by Crippen LogP contribution is -2.22. The number of aryl methyl sites for hydroxylation is 1. The van der Waals surface area contributed by atoms with E-state index in [0.717, 1.165) is 21.2 Å². The summed E-state index contributed by atoms with van der Waals surface area (Å²) < 4.78 is 25.5. The van der Waals surface area contributed by atoms with Crippen molar-refractivity contribution in [2.24, 2.45) is 0 Å². The molecule has 1 aliphatic heterocycles. The fourth-order valence-corrected chi connectivity index (χ4v) is 4.65. The van der Waals surface area contributed by atoms with E-state index in [2.05, 4.69) is 0 Å². The zero-order valence-corrected chi connectivity index (χ0v) is 12.2. The van der Waals surface area contributed by atoms with Gasteiger partial charge in [0.25, 0.3) is 15.9 Å². The van der Waals surface area contributed by atoms with Gasteiger partial charge in [0.1, 0.15) is 4.90 Å². The molecule has 0 radical (unpaired) electrons. The maximum Gasteiger partial charge on any atom is 0.279 e. The smallest absolute Gasteiger partial charge is 0.267 e. The number of hydrogen-bond donors (Lipinski definition) is 0. The Labute approximate surface area is 121 Å². The molecule has 4 nitrogen and oxygen atoms in total. The van der Waals surface area contributed by atoms with Gasteiger partial charge in [-0.3, -0.25) is 4.79 Å². The van der Waals surface area contributed by atoms with Crippen LogP contribution in [0.15, 0.2) is 58.3 Å². The normalized spacial score (nSPS) is 16.2. The molecular formula is C14H11NO3S2. The number of amides is 1. The minimum atomic E-state index is -3.76. The quantitative estimate of drug-likeness (QED) is 0.801. The van der Waals surface area contributed by atoms with E-state index in [4.69, 9.17) is 0 Å². The molecule has 102 valence electrons. The lowest BCUT2D eigenvalue weighted by Gasteiger charge is -2.13. The van der Waals surface area contributed by atoms with Crippen molar-refractivity contribution in [1.82, 2.24) is 3.71 Å². The first-order valence-corrected chi connectivity index (χ1v) is 8.15.